The van der Waals surface area contributed by atoms with E-state index >= 15 is 0 Å². The number of amides is 1. The molecule has 1 aliphatic rings. The summed E-state index contributed by atoms with van der Waals surface area (Å²) in [5.41, 5.74) is 8.26. The van der Waals surface area contributed by atoms with E-state index in [2.05, 4.69) is 48.8 Å². The number of H-pyrrole nitrogens is 2. The maximum atomic E-state index is 12.6. The predicted molar refractivity (Wildman–Crippen MR) is 153 cm³/mol. The Bertz CT molecular complexity index is 1870. The summed E-state index contributed by atoms with van der Waals surface area (Å²) in [7, 11) is 0. The number of aromatic amines is 2. The normalized spacial score (nSPS) is 16.0. The maximum Gasteiger partial charge on any atom is 0.228 e. The Kier molecular flexibility index (Phi) is 5.55. The van der Waals surface area contributed by atoms with Gasteiger partial charge in [0.2, 0.25) is 5.91 Å². The minimum atomic E-state index is -0.443. The summed E-state index contributed by atoms with van der Waals surface area (Å²) in [5, 5.41) is 15.1. The molecular formula is C31H25N7O2. The third-order valence-corrected chi connectivity index (χ3v) is 7.34. The van der Waals surface area contributed by atoms with Crippen molar-refractivity contribution in [3.05, 3.63) is 114 Å². The van der Waals surface area contributed by atoms with Gasteiger partial charge in [-0.1, -0.05) is 30.3 Å². The van der Waals surface area contributed by atoms with Gasteiger partial charge in [0.1, 0.15) is 5.69 Å². The molecule has 1 aliphatic heterocycles. The first-order chi connectivity index (χ1) is 19.6. The van der Waals surface area contributed by atoms with Crippen LogP contribution in [0.4, 0.5) is 5.69 Å². The van der Waals surface area contributed by atoms with Crippen molar-refractivity contribution in [2.45, 2.75) is 18.9 Å². The van der Waals surface area contributed by atoms with E-state index in [0.717, 1.165) is 55.9 Å². The molecule has 0 fully saturated rings. The summed E-state index contributed by atoms with van der Waals surface area (Å²) in [6.07, 6.45) is 12.8. The minimum absolute atomic E-state index is 0.104. The third-order valence-electron chi connectivity index (χ3n) is 7.34. The van der Waals surface area contributed by atoms with Gasteiger partial charge in [-0.05, 0) is 49.0 Å². The second kappa shape index (κ2) is 9.39. The Balaban J connectivity index is 1.20. The molecule has 1 atom stereocenters. The number of anilines is 1. The molecule has 6 aromatic rings. The van der Waals surface area contributed by atoms with Gasteiger partial charge in [0.15, 0.2) is 0 Å². The molecular weight excluding hydrogens is 502 g/mol. The van der Waals surface area contributed by atoms with Gasteiger partial charge in [0.25, 0.3) is 0 Å². The standard InChI is InChI=1S/C31H25N7O2/c1-31(21-8-10-40-18-21)24-14-27(36-25(24)7-9-34-31)30-23-13-26(33-17-28(23)37-38-30)20-12-22(16-32-15-20)35-29(39)11-19-5-3-2-4-6-19/h2-10,12-18,34,36H,11H2,1H3,(H,35,39)(H,37,38). The third kappa shape index (κ3) is 4.14. The van der Waals surface area contributed by atoms with Crippen LogP contribution >= 0.6 is 0 Å². The minimum Gasteiger partial charge on any atom is -0.472 e. The highest BCUT2D eigenvalue weighted by atomic mass is 16.3. The van der Waals surface area contributed by atoms with Crippen LogP contribution in [-0.4, -0.2) is 31.1 Å². The topological polar surface area (TPSA) is 125 Å². The van der Waals surface area contributed by atoms with Crippen LogP contribution in [0.1, 0.15) is 29.3 Å². The lowest BCUT2D eigenvalue weighted by molar-refractivity contribution is -0.115. The van der Waals surface area contributed by atoms with Crippen LogP contribution in [0.5, 0.6) is 0 Å². The van der Waals surface area contributed by atoms with Gasteiger partial charge in [-0.15, -0.1) is 0 Å². The number of nitrogens with one attached hydrogen (secondary N) is 4. The first-order valence-corrected chi connectivity index (χ1v) is 12.9. The number of benzene rings is 1. The van der Waals surface area contributed by atoms with E-state index in [4.69, 9.17) is 4.42 Å². The lowest BCUT2D eigenvalue weighted by Gasteiger charge is -2.32. The highest BCUT2D eigenvalue weighted by Gasteiger charge is 2.34. The Morgan fingerprint density at radius 3 is 2.83 bits per heavy atom. The zero-order chi connectivity index (χ0) is 27.1. The quantitative estimate of drug-likeness (QED) is 0.223. The van der Waals surface area contributed by atoms with Crippen LogP contribution in [0.15, 0.2) is 96.3 Å². The predicted octanol–water partition coefficient (Wildman–Crippen LogP) is 5.63. The van der Waals surface area contributed by atoms with Crippen molar-refractivity contribution in [1.82, 2.24) is 30.5 Å². The number of furan rings is 1. The molecule has 0 saturated carbocycles. The number of rotatable bonds is 6. The number of aromatic nitrogens is 5. The molecule has 7 rings (SSSR count). The van der Waals surface area contributed by atoms with Gasteiger partial charge in [0.05, 0.1) is 59.5 Å². The summed E-state index contributed by atoms with van der Waals surface area (Å²) in [6, 6.07) is 17.6. The average molecular weight is 528 g/mol. The van der Waals surface area contributed by atoms with Crippen molar-refractivity contribution in [3.8, 4) is 22.6 Å². The highest BCUT2D eigenvalue weighted by Crippen LogP contribution is 2.39. The molecule has 1 unspecified atom stereocenters. The Morgan fingerprint density at radius 2 is 1.98 bits per heavy atom. The number of nitrogens with zero attached hydrogens (tertiary/aromatic N) is 3. The second-order valence-electron chi connectivity index (χ2n) is 9.99. The first-order valence-electron chi connectivity index (χ1n) is 12.9. The molecule has 9 heteroatoms. The molecule has 0 saturated heterocycles. The molecule has 1 aromatic carbocycles. The van der Waals surface area contributed by atoms with Crippen molar-refractivity contribution in [3.63, 3.8) is 0 Å². The largest absolute Gasteiger partial charge is 0.472 e. The Hall–Kier alpha value is -5.44. The summed E-state index contributed by atoms with van der Waals surface area (Å²) in [6.45, 7) is 2.13. The van der Waals surface area contributed by atoms with Gasteiger partial charge in [-0.25, -0.2) is 0 Å². The van der Waals surface area contributed by atoms with Gasteiger partial charge in [0, 0.05) is 34.0 Å². The van der Waals surface area contributed by atoms with Crippen LogP contribution in [0, 0.1) is 0 Å². The number of hydrogen-bond donors (Lipinski definition) is 4. The summed E-state index contributed by atoms with van der Waals surface area (Å²) in [4.78, 5) is 25.1. The molecule has 0 radical (unpaired) electrons. The molecule has 0 aliphatic carbocycles. The van der Waals surface area contributed by atoms with Crippen molar-refractivity contribution in [2.24, 2.45) is 0 Å². The van der Waals surface area contributed by atoms with Crippen molar-refractivity contribution in [2.75, 3.05) is 5.32 Å². The van der Waals surface area contributed by atoms with Gasteiger partial charge in [-0.3, -0.25) is 19.9 Å². The zero-order valence-electron chi connectivity index (χ0n) is 21.6. The van der Waals surface area contributed by atoms with Crippen molar-refractivity contribution in [1.29, 1.82) is 0 Å². The summed E-state index contributed by atoms with van der Waals surface area (Å²) < 4.78 is 5.37. The lowest BCUT2D eigenvalue weighted by atomic mass is 9.84. The van der Waals surface area contributed by atoms with Crippen LogP contribution in [-0.2, 0) is 16.8 Å². The SMILES string of the molecule is CC1(c2ccoc2)NC=Cc2[nH]c(-c3n[nH]c4cnc(-c5cncc(NC(=O)Cc6ccccc6)c5)cc34)cc21. The van der Waals surface area contributed by atoms with Crippen LogP contribution in [0.25, 0.3) is 39.6 Å². The number of fused-ring (bicyclic) bond motifs is 2. The smallest absolute Gasteiger partial charge is 0.228 e. The number of carbonyl (C=O) groups is 1. The second-order valence-corrected chi connectivity index (χ2v) is 9.99. The van der Waals surface area contributed by atoms with Crippen LogP contribution in [0.3, 0.4) is 0 Å². The number of hydrogen-bond acceptors (Lipinski definition) is 6. The van der Waals surface area contributed by atoms with E-state index in [1.54, 1.807) is 31.1 Å². The van der Waals surface area contributed by atoms with Gasteiger partial charge >= 0.3 is 0 Å². The van der Waals surface area contributed by atoms with Crippen molar-refractivity contribution < 1.29 is 9.21 Å². The molecule has 0 bridgehead atoms. The van der Waals surface area contributed by atoms with E-state index < -0.39 is 5.54 Å². The fourth-order valence-corrected chi connectivity index (χ4v) is 5.22. The fraction of sp³-hybridized carbons (Fsp3) is 0.0968. The zero-order valence-corrected chi connectivity index (χ0v) is 21.6. The maximum absolute atomic E-state index is 12.6. The number of pyridine rings is 2. The monoisotopic (exact) mass is 527 g/mol. The van der Waals surface area contributed by atoms with E-state index in [-0.39, 0.29) is 12.3 Å². The molecule has 4 N–H and O–H groups in total. The first kappa shape index (κ1) is 23.7. The van der Waals surface area contributed by atoms with Gasteiger partial charge < -0.3 is 20.0 Å². The molecule has 6 heterocycles. The van der Waals surface area contributed by atoms with Crippen molar-refractivity contribution >= 4 is 28.6 Å². The lowest BCUT2D eigenvalue weighted by Crippen LogP contribution is -2.38. The van der Waals surface area contributed by atoms with Gasteiger partial charge in [-0.2, -0.15) is 5.10 Å². The number of carbonyl (C=O) groups excluding carboxylic acids is 1. The Morgan fingerprint density at radius 1 is 1.07 bits per heavy atom. The highest BCUT2D eigenvalue weighted by molar-refractivity contribution is 5.95. The molecule has 1 amide bonds. The molecule has 40 heavy (non-hydrogen) atoms. The molecule has 9 nitrogen and oxygen atoms in total. The molecule has 196 valence electrons. The summed E-state index contributed by atoms with van der Waals surface area (Å²) >= 11 is 0. The van der Waals surface area contributed by atoms with E-state index in [0.29, 0.717) is 5.69 Å². The summed E-state index contributed by atoms with van der Waals surface area (Å²) in [5.74, 6) is -0.104. The Labute approximate surface area is 229 Å². The average Bonchev–Trinajstić information content (AvgIpc) is 3.74. The molecule has 5 aromatic heterocycles. The van der Waals surface area contributed by atoms with Crippen LogP contribution in [0.2, 0.25) is 0 Å². The fourth-order valence-electron chi connectivity index (χ4n) is 5.22. The van der Waals surface area contributed by atoms with E-state index in [9.17, 15) is 4.79 Å². The van der Waals surface area contributed by atoms with E-state index in [1.807, 2.05) is 60.8 Å². The van der Waals surface area contributed by atoms with Crippen LogP contribution < -0.4 is 10.6 Å². The van der Waals surface area contributed by atoms with E-state index in [1.165, 1.54) is 0 Å². The molecule has 0 spiro atoms.